The van der Waals surface area contributed by atoms with Crippen LogP contribution in [0.15, 0.2) is 11.0 Å². The fourth-order valence-electron chi connectivity index (χ4n) is 1.87. The first-order chi connectivity index (χ1) is 8.93. The van der Waals surface area contributed by atoms with Gasteiger partial charge in [-0.15, -0.1) is 0 Å². The van der Waals surface area contributed by atoms with Crippen molar-refractivity contribution in [2.45, 2.75) is 24.9 Å². The molecule has 1 aliphatic rings. The molecular weight excluding hydrogens is 260 g/mol. The number of nitrogen functional groups attached to an aromatic ring is 1. The van der Waals surface area contributed by atoms with Crippen LogP contribution in [0.1, 0.15) is 12.6 Å². The quantitative estimate of drug-likeness (QED) is 0.438. The van der Waals surface area contributed by atoms with Crippen molar-refractivity contribution in [3.63, 3.8) is 0 Å². The standard InChI is InChI=1S/C9H12N4O6/c10-8-4(13(17)18)2-12(9(16)11-8)7-1-5(15)6(3-14)19-7/h2,5-7,14-15H,1,3H2,(H2,10,11,16)/t5-,6+,7-/m0/s1. The summed E-state index contributed by atoms with van der Waals surface area (Å²) in [6.45, 7) is -0.420. The van der Waals surface area contributed by atoms with E-state index in [4.69, 9.17) is 15.6 Å². The molecule has 0 amide bonds. The van der Waals surface area contributed by atoms with Crippen LogP contribution in [0, 0.1) is 10.1 Å². The van der Waals surface area contributed by atoms with Gasteiger partial charge < -0.3 is 20.7 Å². The first-order valence-electron chi connectivity index (χ1n) is 5.41. The molecule has 0 aliphatic carbocycles. The van der Waals surface area contributed by atoms with Crippen molar-refractivity contribution in [1.82, 2.24) is 9.55 Å². The van der Waals surface area contributed by atoms with Gasteiger partial charge in [0.15, 0.2) is 0 Å². The summed E-state index contributed by atoms with van der Waals surface area (Å²) in [5.74, 6) is -0.483. The lowest BCUT2D eigenvalue weighted by Gasteiger charge is -2.14. The van der Waals surface area contributed by atoms with Gasteiger partial charge in [0.05, 0.1) is 23.8 Å². The van der Waals surface area contributed by atoms with Crippen LogP contribution in [0.3, 0.4) is 0 Å². The molecule has 1 aromatic heterocycles. The Balaban J connectivity index is 2.38. The Labute approximate surface area is 106 Å². The summed E-state index contributed by atoms with van der Waals surface area (Å²) in [6, 6.07) is 0. The van der Waals surface area contributed by atoms with E-state index < -0.39 is 47.2 Å². The third-order valence-electron chi connectivity index (χ3n) is 2.85. The van der Waals surface area contributed by atoms with Gasteiger partial charge in [0, 0.05) is 6.42 Å². The van der Waals surface area contributed by atoms with Crippen LogP contribution in [0.2, 0.25) is 0 Å². The third-order valence-corrected chi connectivity index (χ3v) is 2.85. The number of rotatable bonds is 3. The molecule has 2 heterocycles. The number of nitro groups is 1. The molecule has 1 aromatic rings. The number of anilines is 1. The Morgan fingerprint density at radius 2 is 2.37 bits per heavy atom. The second-order valence-electron chi connectivity index (χ2n) is 4.07. The summed E-state index contributed by atoms with van der Waals surface area (Å²) in [6.07, 6.45) is -1.78. The maximum Gasteiger partial charge on any atom is 0.352 e. The number of nitrogens with zero attached hydrogens (tertiary/aromatic N) is 3. The molecule has 0 saturated carbocycles. The minimum Gasteiger partial charge on any atom is -0.394 e. The molecule has 0 bridgehead atoms. The second-order valence-corrected chi connectivity index (χ2v) is 4.07. The molecule has 19 heavy (non-hydrogen) atoms. The monoisotopic (exact) mass is 272 g/mol. The molecule has 4 N–H and O–H groups in total. The Kier molecular flexibility index (Phi) is 3.46. The zero-order valence-corrected chi connectivity index (χ0v) is 9.67. The van der Waals surface area contributed by atoms with E-state index in [0.29, 0.717) is 0 Å². The van der Waals surface area contributed by atoms with Crippen molar-refractivity contribution in [2.75, 3.05) is 12.3 Å². The van der Waals surface area contributed by atoms with Crippen LogP contribution < -0.4 is 11.4 Å². The zero-order valence-electron chi connectivity index (χ0n) is 9.67. The summed E-state index contributed by atoms with van der Waals surface area (Å²) < 4.78 is 6.11. The van der Waals surface area contributed by atoms with E-state index in [1.807, 2.05) is 0 Å². The van der Waals surface area contributed by atoms with Crippen molar-refractivity contribution in [3.8, 4) is 0 Å². The summed E-state index contributed by atoms with van der Waals surface area (Å²) in [7, 11) is 0. The lowest BCUT2D eigenvalue weighted by molar-refractivity contribution is -0.384. The molecule has 10 heteroatoms. The van der Waals surface area contributed by atoms with Gasteiger partial charge in [-0.05, 0) is 0 Å². The number of aliphatic hydroxyl groups is 2. The van der Waals surface area contributed by atoms with Gasteiger partial charge in [-0.1, -0.05) is 0 Å². The van der Waals surface area contributed by atoms with Crippen molar-refractivity contribution in [3.05, 3.63) is 26.8 Å². The molecule has 2 rings (SSSR count). The average Bonchev–Trinajstić information content (AvgIpc) is 2.69. The normalized spacial score (nSPS) is 26.5. The topological polar surface area (TPSA) is 154 Å². The van der Waals surface area contributed by atoms with Gasteiger partial charge >= 0.3 is 11.4 Å². The van der Waals surface area contributed by atoms with E-state index >= 15 is 0 Å². The predicted octanol–water partition coefficient (Wildman–Crippen LogP) is -1.63. The highest BCUT2D eigenvalue weighted by atomic mass is 16.6. The molecular formula is C9H12N4O6. The van der Waals surface area contributed by atoms with Crippen LogP contribution in [-0.2, 0) is 4.74 Å². The second kappa shape index (κ2) is 4.91. The largest absolute Gasteiger partial charge is 0.394 e. The lowest BCUT2D eigenvalue weighted by Crippen LogP contribution is -2.28. The minimum atomic E-state index is -0.960. The number of nitrogens with two attached hydrogens (primary N) is 1. The average molecular weight is 272 g/mol. The number of hydrogen-bond acceptors (Lipinski definition) is 8. The van der Waals surface area contributed by atoms with E-state index in [1.165, 1.54) is 0 Å². The van der Waals surface area contributed by atoms with Crippen molar-refractivity contribution in [1.29, 1.82) is 0 Å². The van der Waals surface area contributed by atoms with Gasteiger partial charge in [-0.3, -0.25) is 14.7 Å². The first-order valence-corrected chi connectivity index (χ1v) is 5.41. The number of hydrogen-bond donors (Lipinski definition) is 3. The number of aromatic nitrogens is 2. The van der Waals surface area contributed by atoms with Gasteiger partial charge in [0.2, 0.25) is 5.82 Å². The van der Waals surface area contributed by atoms with Crippen LogP contribution in [0.25, 0.3) is 0 Å². The Morgan fingerprint density at radius 3 is 2.89 bits per heavy atom. The molecule has 0 unspecified atom stereocenters. The maximum absolute atomic E-state index is 11.6. The smallest absolute Gasteiger partial charge is 0.352 e. The molecule has 0 aromatic carbocycles. The van der Waals surface area contributed by atoms with Crippen LogP contribution >= 0.6 is 0 Å². The molecule has 0 spiro atoms. The van der Waals surface area contributed by atoms with E-state index in [1.54, 1.807) is 0 Å². The minimum absolute atomic E-state index is 0.0217. The molecule has 10 nitrogen and oxygen atoms in total. The fraction of sp³-hybridized carbons (Fsp3) is 0.556. The highest BCUT2D eigenvalue weighted by Crippen LogP contribution is 2.28. The number of ether oxygens (including phenoxy) is 1. The van der Waals surface area contributed by atoms with Gasteiger partial charge in [-0.2, -0.15) is 4.98 Å². The van der Waals surface area contributed by atoms with Crippen molar-refractivity contribution >= 4 is 11.5 Å². The molecule has 3 atom stereocenters. The van der Waals surface area contributed by atoms with Crippen molar-refractivity contribution < 1.29 is 19.9 Å². The summed E-state index contributed by atoms with van der Waals surface area (Å²) in [5, 5.41) is 29.2. The zero-order chi connectivity index (χ0) is 14.2. The first kappa shape index (κ1) is 13.4. The number of aliphatic hydroxyl groups excluding tert-OH is 2. The molecule has 1 saturated heterocycles. The Morgan fingerprint density at radius 1 is 1.68 bits per heavy atom. The van der Waals surface area contributed by atoms with E-state index in [2.05, 4.69) is 4.98 Å². The maximum atomic E-state index is 11.6. The third kappa shape index (κ3) is 2.41. The van der Waals surface area contributed by atoms with Gasteiger partial charge in [0.25, 0.3) is 0 Å². The highest BCUT2D eigenvalue weighted by molar-refractivity contribution is 5.49. The molecule has 1 fully saturated rings. The molecule has 0 radical (unpaired) electrons. The lowest BCUT2D eigenvalue weighted by atomic mass is 10.2. The van der Waals surface area contributed by atoms with Crippen LogP contribution in [-0.4, -0.2) is 43.5 Å². The van der Waals surface area contributed by atoms with E-state index in [9.17, 15) is 20.0 Å². The van der Waals surface area contributed by atoms with E-state index in [-0.39, 0.29) is 6.42 Å². The fourth-order valence-corrected chi connectivity index (χ4v) is 1.87. The Hall–Kier alpha value is -2.04. The SMILES string of the molecule is Nc1nc(=O)n([C@@H]2C[C@H](O)[C@@H](CO)O2)cc1[N+](=O)[O-]. The van der Waals surface area contributed by atoms with Gasteiger partial charge in [-0.25, -0.2) is 4.79 Å². The summed E-state index contributed by atoms with van der Waals surface area (Å²) >= 11 is 0. The van der Waals surface area contributed by atoms with Crippen molar-refractivity contribution in [2.24, 2.45) is 0 Å². The molecule has 1 aliphatic heterocycles. The Bertz CT molecular complexity index is 558. The molecule has 104 valence electrons. The van der Waals surface area contributed by atoms with Gasteiger partial charge in [0.1, 0.15) is 12.3 Å². The van der Waals surface area contributed by atoms with Crippen LogP contribution in [0.5, 0.6) is 0 Å². The summed E-state index contributed by atoms with van der Waals surface area (Å²) in [4.78, 5) is 24.9. The predicted molar refractivity (Wildman–Crippen MR) is 61.2 cm³/mol. The summed E-state index contributed by atoms with van der Waals surface area (Å²) in [5.41, 5.74) is 3.93. The van der Waals surface area contributed by atoms with E-state index in [0.717, 1.165) is 10.8 Å². The highest BCUT2D eigenvalue weighted by Gasteiger charge is 2.35. The van der Waals surface area contributed by atoms with Crippen LogP contribution in [0.4, 0.5) is 11.5 Å².